The van der Waals surface area contributed by atoms with Gasteiger partial charge in [0.2, 0.25) is 11.7 Å². The minimum Gasteiger partial charge on any atom is -0.493 e. The Morgan fingerprint density at radius 2 is 2.18 bits per heavy atom. The van der Waals surface area contributed by atoms with Crippen LogP contribution in [0.5, 0.6) is 5.75 Å². The Bertz CT molecular complexity index is 1290. The number of nitrogens with zero attached hydrogens (tertiary/aromatic N) is 1. The number of anilines is 1. The van der Waals surface area contributed by atoms with Gasteiger partial charge in [0.05, 0.1) is 13.2 Å². The van der Waals surface area contributed by atoms with Crippen LogP contribution in [0.2, 0.25) is 0 Å². The van der Waals surface area contributed by atoms with Crippen molar-refractivity contribution < 1.29 is 28.9 Å². The predicted octanol–water partition coefficient (Wildman–Crippen LogP) is 3.46. The number of hydrogen-bond donors (Lipinski definition) is 3. The van der Waals surface area contributed by atoms with Crippen LogP contribution in [0.1, 0.15) is 24.5 Å². The highest BCUT2D eigenvalue weighted by Gasteiger charge is 2.37. The van der Waals surface area contributed by atoms with Gasteiger partial charge in [0.1, 0.15) is 11.4 Å². The molecule has 3 aromatic rings. The molecule has 4 rings (SSSR count). The van der Waals surface area contributed by atoms with Gasteiger partial charge in [-0.25, -0.2) is 9.78 Å². The number of aryl methyl sites for hydroxylation is 1. The van der Waals surface area contributed by atoms with Crippen molar-refractivity contribution in [2.45, 2.75) is 20.3 Å². The first-order chi connectivity index (χ1) is 16.5. The van der Waals surface area contributed by atoms with Crippen LogP contribution in [0.15, 0.2) is 59.9 Å². The molecule has 0 bridgehead atoms. The van der Waals surface area contributed by atoms with E-state index in [1.54, 1.807) is 43.6 Å². The molecule has 9 nitrogen and oxygen atoms in total. The summed E-state index contributed by atoms with van der Waals surface area (Å²) in [5, 5.41) is 12.8. The molecule has 0 spiro atoms. The predicted molar refractivity (Wildman–Crippen MR) is 126 cm³/mol. The number of aliphatic hydroxyl groups is 1. The Hall–Kier alpha value is -4.11. The summed E-state index contributed by atoms with van der Waals surface area (Å²) in [6, 6.07) is 9.00. The summed E-state index contributed by atoms with van der Waals surface area (Å²) in [5.41, 5.74) is 2.63. The Morgan fingerprint density at radius 1 is 1.32 bits per heavy atom. The van der Waals surface area contributed by atoms with Crippen LogP contribution >= 0.6 is 0 Å². The van der Waals surface area contributed by atoms with Gasteiger partial charge in [-0.3, -0.25) is 4.79 Å². The number of fused-ring (bicyclic) bond motifs is 1. The standard InChI is InChI=1S/C25H25N3O6/c1-3-32-25(31)21-22(30)20(13-16-14-27-23-18(16)6-4-9-26-23)34-24(21)28-19-8-7-17(12-15(19)2)33-11-5-10-29/h4,6-9,12-14,28-29H,3,5,10-11H2,1-2H3,(H,26,27)/b20-13-. The third-order valence-corrected chi connectivity index (χ3v) is 5.16. The highest BCUT2D eigenvalue weighted by molar-refractivity contribution is 6.26. The van der Waals surface area contributed by atoms with Crippen LogP contribution in [0.25, 0.3) is 17.1 Å². The van der Waals surface area contributed by atoms with Crippen molar-refractivity contribution in [3.05, 3.63) is 71.1 Å². The summed E-state index contributed by atoms with van der Waals surface area (Å²) in [5.74, 6) is -0.684. The van der Waals surface area contributed by atoms with Gasteiger partial charge in [-0.15, -0.1) is 0 Å². The molecule has 0 fully saturated rings. The summed E-state index contributed by atoms with van der Waals surface area (Å²) in [6.45, 7) is 4.10. The molecule has 0 aliphatic carbocycles. The van der Waals surface area contributed by atoms with E-state index in [9.17, 15) is 9.59 Å². The fourth-order valence-electron chi connectivity index (χ4n) is 3.49. The number of Topliss-reactive ketones (excluding diaryl/α,β-unsaturated/α-hetero) is 1. The van der Waals surface area contributed by atoms with Crippen LogP contribution in [0.4, 0.5) is 5.69 Å². The number of nitrogens with one attached hydrogen (secondary N) is 2. The van der Waals surface area contributed by atoms with E-state index in [4.69, 9.17) is 19.3 Å². The Morgan fingerprint density at radius 3 is 2.94 bits per heavy atom. The van der Waals surface area contributed by atoms with E-state index in [1.165, 1.54) is 0 Å². The molecular weight excluding hydrogens is 438 g/mol. The number of allylic oxidation sites excluding steroid dienone is 1. The average molecular weight is 463 g/mol. The van der Waals surface area contributed by atoms with Crippen LogP contribution in [0, 0.1) is 6.92 Å². The molecule has 0 radical (unpaired) electrons. The van der Waals surface area contributed by atoms with Gasteiger partial charge in [-0.2, -0.15) is 0 Å². The second kappa shape index (κ2) is 10.2. The van der Waals surface area contributed by atoms with Crippen molar-refractivity contribution in [3.63, 3.8) is 0 Å². The highest BCUT2D eigenvalue weighted by atomic mass is 16.5. The molecule has 9 heteroatoms. The van der Waals surface area contributed by atoms with Crippen LogP contribution in [-0.2, 0) is 19.1 Å². The van der Waals surface area contributed by atoms with Crippen molar-refractivity contribution in [2.75, 3.05) is 25.1 Å². The minimum absolute atomic E-state index is 0.00286. The highest BCUT2D eigenvalue weighted by Crippen LogP contribution is 2.31. The summed E-state index contributed by atoms with van der Waals surface area (Å²) < 4.78 is 16.5. The lowest BCUT2D eigenvalue weighted by Crippen LogP contribution is -2.16. The number of hydrogen-bond acceptors (Lipinski definition) is 8. The Balaban J connectivity index is 1.62. The van der Waals surface area contributed by atoms with Crippen molar-refractivity contribution >= 4 is 34.5 Å². The molecule has 1 aliphatic heterocycles. The zero-order chi connectivity index (χ0) is 24.1. The van der Waals surface area contributed by atoms with Gasteiger partial charge >= 0.3 is 5.97 Å². The smallest absolute Gasteiger partial charge is 0.347 e. The maximum atomic E-state index is 13.1. The number of H-pyrrole nitrogens is 1. The number of aromatic nitrogens is 2. The molecular formula is C25H25N3O6. The normalized spacial score (nSPS) is 14.6. The monoisotopic (exact) mass is 463 g/mol. The number of carbonyl (C=O) groups is 2. The average Bonchev–Trinajstić information content (AvgIpc) is 3.37. The second-order valence-electron chi connectivity index (χ2n) is 7.54. The summed E-state index contributed by atoms with van der Waals surface area (Å²) in [4.78, 5) is 33.0. The third-order valence-electron chi connectivity index (χ3n) is 5.16. The fourth-order valence-corrected chi connectivity index (χ4v) is 3.49. The lowest BCUT2D eigenvalue weighted by molar-refractivity contribution is -0.139. The number of benzene rings is 1. The molecule has 2 aromatic heterocycles. The van der Waals surface area contributed by atoms with Gasteiger partial charge in [-0.05, 0) is 55.8 Å². The lowest BCUT2D eigenvalue weighted by Gasteiger charge is -2.13. The van der Waals surface area contributed by atoms with Crippen molar-refractivity contribution in [1.82, 2.24) is 9.97 Å². The van der Waals surface area contributed by atoms with Crippen molar-refractivity contribution in [3.8, 4) is 5.75 Å². The number of carbonyl (C=O) groups excluding carboxylic acids is 2. The van der Waals surface area contributed by atoms with E-state index in [0.29, 0.717) is 35.7 Å². The van der Waals surface area contributed by atoms with E-state index in [1.807, 2.05) is 19.1 Å². The number of ether oxygens (including phenoxy) is 3. The third kappa shape index (κ3) is 4.79. The van der Waals surface area contributed by atoms with E-state index < -0.39 is 11.8 Å². The molecule has 0 amide bonds. The van der Waals surface area contributed by atoms with E-state index >= 15 is 0 Å². The molecule has 3 heterocycles. The van der Waals surface area contributed by atoms with E-state index in [-0.39, 0.29) is 30.4 Å². The van der Waals surface area contributed by atoms with Gasteiger partial charge in [0.25, 0.3) is 0 Å². The number of rotatable bonds is 9. The van der Waals surface area contributed by atoms with E-state index in [2.05, 4.69) is 15.3 Å². The molecule has 1 aromatic carbocycles. The number of ketones is 1. The molecule has 176 valence electrons. The molecule has 1 aliphatic rings. The number of esters is 1. The Labute approximate surface area is 196 Å². The molecule has 3 N–H and O–H groups in total. The first-order valence-corrected chi connectivity index (χ1v) is 10.9. The quantitative estimate of drug-likeness (QED) is 0.191. The fraction of sp³-hybridized carbons (Fsp3) is 0.240. The van der Waals surface area contributed by atoms with Crippen LogP contribution < -0.4 is 10.1 Å². The van der Waals surface area contributed by atoms with Gasteiger partial charge in [-0.1, -0.05) is 0 Å². The molecule has 0 atom stereocenters. The second-order valence-corrected chi connectivity index (χ2v) is 7.54. The largest absolute Gasteiger partial charge is 0.493 e. The zero-order valence-corrected chi connectivity index (χ0v) is 18.9. The maximum Gasteiger partial charge on any atom is 0.347 e. The van der Waals surface area contributed by atoms with Gasteiger partial charge in [0.15, 0.2) is 11.3 Å². The first-order valence-electron chi connectivity index (χ1n) is 10.9. The number of aliphatic hydroxyl groups excluding tert-OH is 1. The number of aromatic amines is 1. The molecule has 0 saturated carbocycles. The molecule has 34 heavy (non-hydrogen) atoms. The van der Waals surface area contributed by atoms with Crippen LogP contribution in [0.3, 0.4) is 0 Å². The van der Waals surface area contributed by atoms with Crippen LogP contribution in [-0.4, -0.2) is 46.6 Å². The van der Waals surface area contributed by atoms with Gasteiger partial charge in [0, 0.05) is 42.1 Å². The molecule has 0 saturated heterocycles. The van der Waals surface area contributed by atoms with Gasteiger partial charge < -0.3 is 29.6 Å². The maximum absolute atomic E-state index is 13.1. The lowest BCUT2D eigenvalue weighted by atomic mass is 10.1. The number of pyridine rings is 1. The first kappa shape index (κ1) is 23.1. The van der Waals surface area contributed by atoms with Crippen molar-refractivity contribution in [1.29, 1.82) is 0 Å². The minimum atomic E-state index is -0.763. The Kier molecular flexibility index (Phi) is 6.93. The zero-order valence-electron chi connectivity index (χ0n) is 18.9. The summed E-state index contributed by atoms with van der Waals surface area (Å²) in [6.07, 6.45) is 5.49. The molecule has 0 unspecified atom stereocenters. The van der Waals surface area contributed by atoms with Crippen molar-refractivity contribution in [2.24, 2.45) is 0 Å². The topological polar surface area (TPSA) is 123 Å². The van der Waals surface area contributed by atoms with E-state index in [0.717, 1.165) is 10.9 Å². The summed E-state index contributed by atoms with van der Waals surface area (Å²) in [7, 11) is 0. The SMILES string of the molecule is CCOC(=O)C1=C(Nc2ccc(OCCCO)cc2C)O/C(=C\c2c[nH]c3ncccc23)C1=O. The summed E-state index contributed by atoms with van der Waals surface area (Å²) >= 11 is 0.